The summed E-state index contributed by atoms with van der Waals surface area (Å²) < 4.78 is 5.46. The molecule has 0 saturated heterocycles. The summed E-state index contributed by atoms with van der Waals surface area (Å²) >= 11 is 1.78. The zero-order valence-electron chi connectivity index (χ0n) is 11.3. The Morgan fingerprint density at radius 2 is 2.16 bits per heavy atom. The van der Waals surface area contributed by atoms with E-state index in [1.165, 1.54) is 0 Å². The average molecular weight is 280 g/mol. The fraction of sp³-hybridized carbons (Fsp3) is 0.500. The maximum absolute atomic E-state index is 9.78. The van der Waals surface area contributed by atoms with Crippen LogP contribution in [0.3, 0.4) is 0 Å². The van der Waals surface area contributed by atoms with Gasteiger partial charge >= 0.3 is 0 Å². The van der Waals surface area contributed by atoms with E-state index < -0.39 is 6.10 Å². The summed E-state index contributed by atoms with van der Waals surface area (Å²) in [6, 6.07) is 9.08. The molecule has 0 saturated carbocycles. The molecule has 0 fully saturated rings. The summed E-state index contributed by atoms with van der Waals surface area (Å²) in [5.74, 6) is 0.515. The lowest BCUT2D eigenvalue weighted by Gasteiger charge is -2.15. The number of rotatable bonds is 8. The molecule has 0 aromatic heterocycles. The summed E-state index contributed by atoms with van der Waals surface area (Å²) in [5, 5.41) is 22.4. The van der Waals surface area contributed by atoms with Crippen LogP contribution in [0.1, 0.15) is 12.5 Å². The fourth-order valence-electron chi connectivity index (χ4n) is 1.47. The Morgan fingerprint density at radius 1 is 1.42 bits per heavy atom. The molecule has 104 valence electrons. The minimum Gasteiger partial charge on any atom is -0.489 e. The first-order valence-corrected chi connectivity index (χ1v) is 7.49. The smallest absolute Gasteiger partial charge is 0.137 e. The number of hydrogen-bond donors (Lipinski definition) is 2. The number of aliphatic hydroxyl groups is 1. The molecule has 1 aromatic carbocycles. The Hall–Kier alpha value is -1.22. The van der Waals surface area contributed by atoms with Gasteiger partial charge in [0.15, 0.2) is 0 Å². The molecule has 0 spiro atoms. The van der Waals surface area contributed by atoms with E-state index in [0.29, 0.717) is 23.1 Å². The SMILES string of the molecule is CSC(C)CNCC(O)COc1ccccc1C#N. The van der Waals surface area contributed by atoms with Crippen LogP contribution in [-0.4, -0.2) is 42.4 Å². The van der Waals surface area contributed by atoms with Crippen molar-refractivity contribution in [2.45, 2.75) is 18.3 Å². The predicted octanol–water partition coefficient (Wildman–Crippen LogP) is 1.64. The normalized spacial score (nSPS) is 13.6. The van der Waals surface area contributed by atoms with Crippen molar-refractivity contribution in [3.05, 3.63) is 29.8 Å². The third-order valence-electron chi connectivity index (χ3n) is 2.65. The molecule has 0 aliphatic heterocycles. The van der Waals surface area contributed by atoms with E-state index in [1.54, 1.807) is 36.0 Å². The number of benzene rings is 1. The number of nitrogens with zero attached hydrogens (tertiary/aromatic N) is 1. The van der Waals surface area contributed by atoms with Gasteiger partial charge in [0.05, 0.1) is 5.56 Å². The van der Waals surface area contributed by atoms with Crippen molar-refractivity contribution in [1.82, 2.24) is 5.32 Å². The van der Waals surface area contributed by atoms with Crippen LogP contribution in [0.25, 0.3) is 0 Å². The van der Waals surface area contributed by atoms with Gasteiger partial charge in [-0.15, -0.1) is 0 Å². The van der Waals surface area contributed by atoms with Crippen molar-refractivity contribution in [3.63, 3.8) is 0 Å². The van der Waals surface area contributed by atoms with Gasteiger partial charge in [0.1, 0.15) is 24.5 Å². The monoisotopic (exact) mass is 280 g/mol. The Kier molecular flexibility index (Phi) is 7.34. The van der Waals surface area contributed by atoms with Gasteiger partial charge in [-0.05, 0) is 18.4 Å². The summed E-state index contributed by atoms with van der Waals surface area (Å²) in [6.07, 6.45) is 1.48. The lowest BCUT2D eigenvalue weighted by atomic mass is 10.2. The van der Waals surface area contributed by atoms with Crippen LogP contribution in [-0.2, 0) is 0 Å². The van der Waals surface area contributed by atoms with Gasteiger partial charge in [-0.25, -0.2) is 0 Å². The lowest BCUT2D eigenvalue weighted by molar-refractivity contribution is 0.106. The predicted molar refractivity (Wildman–Crippen MR) is 78.5 cm³/mol. The lowest BCUT2D eigenvalue weighted by Crippen LogP contribution is -2.34. The third kappa shape index (κ3) is 5.97. The van der Waals surface area contributed by atoms with Crippen molar-refractivity contribution in [1.29, 1.82) is 5.26 Å². The third-order valence-corrected chi connectivity index (χ3v) is 3.62. The van der Waals surface area contributed by atoms with Gasteiger partial charge < -0.3 is 15.2 Å². The van der Waals surface area contributed by atoms with E-state index in [4.69, 9.17) is 10.00 Å². The first kappa shape index (κ1) is 15.8. The number of nitriles is 1. The van der Waals surface area contributed by atoms with E-state index in [9.17, 15) is 5.11 Å². The number of nitrogens with one attached hydrogen (secondary N) is 1. The Labute approximate surface area is 118 Å². The van der Waals surface area contributed by atoms with Crippen molar-refractivity contribution in [2.75, 3.05) is 26.0 Å². The van der Waals surface area contributed by atoms with Crippen LogP contribution in [0.4, 0.5) is 0 Å². The summed E-state index contributed by atoms with van der Waals surface area (Å²) in [7, 11) is 0. The van der Waals surface area contributed by atoms with Crippen molar-refractivity contribution in [2.24, 2.45) is 0 Å². The molecule has 2 atom stereocenters. The van der Waals surface area contributed by atoms with E-state index in [1.807, 2.05) is 0 Å². The minimum absolute atomic E-state index is 0.180. The molecule has 0 radical (unpaired) electrons. The van der Waals surface area contributed by atoms with Crippen molar-refractivity contribution < 1.29 is 9.84 Å². The molecule has 19 heavy (non-hydrogen) atoms. The molecular weight excluding hydrogens is 260 g/mol. The summed E-state index contributed by atoms with van der Waals surface area (Å²) in [5.41, 5.74) is 0.485. The van der Waals surface area contributed by atoms with Crippen molar-refractivity contribution >= 4 is 11.8 Å². The Bertz CT molecular complexity index is 420. The van der Waals surface area contributed by atoms with Gasteiger partial charge in [0.25, 0.3) is 0 Å². The van der Waals surface area contributed by atoms with Crippen molar-refractivity contribution in [3.8, 4) is 11.8 Å². The standard InChI is InChI=1S/C14H20N2O2S/c1-11(19-2)8-16-9-13(17)10-18-14-6-4-3-5-12(14)7-15/h3-6,11,13,16-17H,8-10H2,1-2H3. The van der Waals surface area contributed by atoms with Crippen LogP contribution >= 0.6 is 11.8 Å². The molecular formula is C14H20N2O2S. The molecule has 0 heterocycles. The van der Waals surface area contributed by atoms with Crippen LogP contribution in [0.2, 0.25) is 0 Å². The summed E-state index contributed by atoms with van der Waals surface area (Å²) in [6.45, 7) is 3.65. The van der Waals surface area contributed by atoms with Crippen LogP contribution < -0.4 is 10.1 Å². The minimum atomic E-state index is -0.583. The van der Waals surface area contributed by atoms with Crippen LogP contribution in [0.5, 0.6) is 5.75 Å². The van der Waals surface area contributed by atoms with Gasteiger partial charge in [0, 0.05) is 18.3 Å². The zero-order valence-corrected chi connectivity index (χ0v) is 12.1. The van der Waals surface area contributed by atoms with Gasteiger partial charge in [0.2, 0.25) is 0 Å². The van der Waals surface area contributed by atoms with E-state index in [0.717, 1.165) is 6.54 Å². The molecule has 1 aromatic rings. The summed E-state index contributed by atoms with van der Waals surface area (Å²) in [4.78, 5) is 0. The number of aliphatic hydroxyl groups excluding tert-OH is 1. The number of hydrogen-bond acceptors (Lipinski definition) is 5. The molecule has 1 rings (SSSR count). The van der Waals surface area contributed by atoms with E-state index in [-0.39, 0.29) is 6.61 Å². The quantitative estimate of drug-likeness (QED) is 0.758. The van der Waals surface area contributed by atoms with Crippen LogP contribution in [0.15, 0.2) is 24.3 Å². The molecule has 5 heteroatoms. The highest BCUT2D eigenvalue weighted by atomic mass is 32.2. The van der Waals surface area contributed by atoms with E-state index >= 15 is 0 Å². The Morgan fingerprint density at radius 3 is 2.84 bits per heavy atom. The maximum atomic E-state index is 9.78. The highest BCUT2D eigenvalue weighted by molar-refractivity contribution is 7.99. The first-order chi connectivity index (χ1) is 9.17. The van der Waals surface area contributed by atoms with Crippen LogP contribution in [0, 0.1) is 11.3 Å². The first-order valence-electron chi connectivity index (χ1n) is 6.21. The average Bonchev–Trinajstić information content (AvgIpc) is 2.45. The molecule has 0 amide bonds. The second-order valence-corrected chi connectivity index (χ2v) is 5.55. The topological polar surface area (TPSA) is 65.3 Å². The molecule has 2 N–H and O–H groups in total. The Balaban J connectivity index is 2.30. The molecule has 4 nitrogen and oxygen atoms in total. The number of para-hydroxylation sites is 1. The fourth-order valence-corrected chi connectivity index (χ4v) is 1.75. The van der Waals surface area contributed by atoms with E-state index in [2.05, 4.69) is 24.6 Å². The second-order valence-electron chi connectivity index (χ2n) is 4.28. The largest absolute Gasteiger partial charge is 0.489 e. The molecule has 2 unspecified atom stereocenters. The second kappa shape index (κ2) is 8.81. The van der Waals surface area contributed by atoms with Gasteiger partial charge in [-0.2, -0.15) is 17.0 Å². The molecule has 0 bridgehead atoms. The number of ether oxygens (including phenoxy) is 1. The highest BCUT2D eigenvalue weighted by Crippen LogP contribution is 2.16. The van der Waals surface area contributed by atoms with Gasteiger partial charge in [-0.3, -0.25) is 0 Å². The molecule has 0 aliphatic rings. The zero-order chi connectivity index (χ0) is 14.1. The number of thioether (sulfide) groups is 1. The highest BCUT2D eigenvalue weighted by Gasteiger charge is 2.08. The maximum Gasteiger partial charge on any atom is 0.137 e. The van der Waals surface area contributed by atoms with Gasteiger partial charge in [-0.1, -0.05) is 19.1 Å². The molecule has 0 aliphatic carbocycles.